The fourth-order valence-corrected chi connectivity index (χ4v) is 5.88. The highest BCUT2D eigenvalue weighted by Gasteiger charge is 2.18. The summed E-state index contributed by atoms with van der Waals surface area (Å²) in [5.74, 6) is 0.855. The van der Waals surface area contributed by atoms with Crippen molar-refractivity contribution in [1.82, 2.24) is 0 Å². The van der Waals surface area contributed by atoms with Crippen molar-refractivity contribution in [2.24, 2.45) is 0 Å². The highest BCUT2D eigenvalue weighted by Crippen LogP contribution is 2.34. The van der Waals surface area contributed by atoms with Crippen molar-refractivity contribution in [3.63, 3.8) is 0 Å². The summed E-state index contributed by atoms with van der Waals surface area (Å²) in [7, 11) is 0. The highest BCUT2D eigenvalue weighted by atomic mass is 16.5. The molecule has 0 radical (unpaired) electrons. The van der Waals surface area contributed by atoms with E-state index in [-0.39, 0.29) is 12.1 Å². The molecule has 0 amide bonds. The van der Waals surface area contributed by atoms with E-state index in [0.717, 1.165) is 37.9 Å². The SMILES string of the molecule is CCCCCCCCCCCCOC(C)c1ccc(C(=O)Oc2ccccc2C(CCC)CCCCCCCC)cc1. The van der Waals surface area contributed by atoms with Crippen molar-refractivity contribution < 1.29 is 14.3 Å². The van der Waals surface area contributed by atoms with Gasteiger partial charge >= 0.3 is 5.97 Å². The number of para-hydroxylation sites is 1. The van der Waals surface area contributed by atoms with Crippen molar-refractivity contribution in [2.45, 2.75) is 162 Å². The van der Waals surface area contributed by atoms with E-state index in [0.29, 0.717) is 17.2 Å². The van der Waals surface area contributed by atoms with Crippen LogP contribution in [0, 0.1) is 0 Å². The number of esters is 1. The van der Waals surface area contributed by atoms with Crippen LogP contribution in [0.25, 0.3) is 0 Å². The third-order valence-electron chi connectivity index (χ3n) is 8.59. The van der Waals surface area contributed by atoms with E-state index in [1.807, 2.05) is 36.4 Å². The first kappa shape index (κ1) is 36.1. The van der Waals surface area contributed by atoms with Crippen molar-refractivity contribution in [3.05, 3.63) is 65.2 Å². The van der Waals surface area contributed by atoms with Crippen LogP contribution in [0.1, 0.15) is 183 Å². The first-order valence-electron chi connectivity index (χ1n) is 17.6. The topological polar surface area (TPSA) is 35.5 Å². The monoisotopic (exact) mass is 578 g/mol. The second-order valence-electron chi connectivity index (χ2n) is 12.3. The Hall–Kier alpha value is -2.13. The molecule has 2 atom stereocenters. The second-order valence-corrected chi connectivity index (χ2v) is 12.3. The Bertz CT molecular complexity index is 935. The van der Waals surface area contributed by atoms with Gasteiger partial charge < -0.3 is 9.47 Å². The standard InChI is InChI=1S/C39H62O3/c1-5-8-10-12-14-15-16-17-19-23-32-41-33(4)34-28-30-36(31-29-34)39(40)42-38-27-22-21-26-37(38)35(24-7-3)25-20-18-13-11-9-6-2/h21-22,26-31,33,35H,5-20,23-25,32H2,1-4H3. The largest absolute Gasteiger partial charge is 0.423 e. The molecule has 2 rings (SSSR count). The number of unbranched alkanes of at least 4 members (excludes halogenated alkanes) is 14. The van der Waals surface area contributed by atoms with Crippen molar-refractivity contribution in [3.8, 4) is 5.75 Å². The average Bonchev–Trinajstić information content (AvgIpc) is 3.01. The van der Waals surface area contributed by atoms with Crippen LogP contribution in [0.2, 0.25) is 0 Å². The molecule has 0 aromatic heterocycles. The average molecular weight is 579 g/mol. The summed E-state index contributed by atoms with van der Waals surface area (Å²) in [5, 5.41) is 0. The van der Waals surface area contributed by atoms with E-state index in [2.05, 4.69) is 39.8 Å². The van der Waals surface area contributed by atoms with Gasteiger partial charge in [-0.2, -0.15) is 0 Å². The smallest absolute Gasteiger partial charge is 0.343 e. The van der Waals surface area contributed by atoms with Crippen LogP contribution >= 0.6 is 0 Å². The summed E-state index contributed by atoms with van der Waals surface area (Å²) >= 11 is 0. The van der Waals surface area contributed by atoms with E-state index in [1.54, 1.807) is 0 Å². The molecule has 0 fully saturated rings. The van der Waals surface area contributed by atoms with Crippen LogP contribution in [0.15, 0.2) is 48.5 Å². The molecule has 3 nitrogen and oxygen atoms in total. The Balaban J connectivity index is 1.78. The summed E-state index contributed by atoms with van der Waals surface area (Å²) < 4.78 is 12.1. The number of hydrogen-bond acceptors (Lipinski definition) is 3. The summed E-state index contributed by atoms with van der Waals surface area (Å²) in [5.41, 5.74) is 2.85. The molecule has 0 spiro atoms. The Morgan fingerprint density at radius 1 is 0.619 bits per heavy atom. The van der Waals surface area contributed by atoms with E-state index < -0.39 is 0 Å². The Morgan fingerprint density at radius 2 is 1.17 bits per heavy atom. The van der Waals surface area contributed by atoms with Gasteiger partial charge in [-0.1, -0.05) is 154 Å². The lowest BCUT2D eigenvalue weighted by molar-refractivity contribution is 0.0625. The first-order valence-corrected chi connectivity index (χ1v) is 17.6. The normalized spacial score (nSPS) is 12.8. The molecule has 2 unspecified atom stereocenters. The van der Waals surface area contributed by atoms with E-state index in [4.69, 9.17) is 9.47 Å². The molecule has 0 aliphatic rings. The molecule has 3 heteroatoms. The zero-order valence-electron chi connectivity index (χ0n) is 27.6. The maximum absolute atomic E-state index is 13.1. The molecule has 42 heavy (non-hydrogen) atoms. The molecule has 0 saturated heterocycles. The number of benzene rings is 2. The fraction of sp³-hybridized carbons (Fsp3) is 0.667. The number of rotatable bonds is 25. The number of carbonyl (C=O) groups excluding carboxylic acids is 1. The number of carbonyl (C=O) groups is 1. The summed E-state index contributed by atoms with van der Waals surface area (Å²) in [4.78, 5) is 13.1. The molecular weight excluding hydrogens is 516 g/mol. The van der Waals surface area contributed by atoms with Gasteiger partial charge in [0, 0.05) is 6.61 Å². The lowest BCUT2D eigenvalue weighted by Gasteiger charge is -2.20. The zero-order chi connectivity index (χ0) is 30.3. The van der Waals surface area contributed by atoms with Gasteiger partial charge in [-0.05, 0) is 61.4 Å². The summed E-state index contributed by atoms with van der Waals surface area (Å²) in [6.07, 6.45) is 24.5. The van der Waals surface area contributed by atoms with Crippen LogP contribution < -0.4 is 4.74 Å². The lowest BCUT2D eigenvalue weighted by Crippen LogP contribution is -2.12. The number of hydrogen-bond donors (Lipinski definition) is 0. The van der Waals surface area contributed by atoms with Gasteiger partial charge in [0.25, 0.3) is 0 Å². The van der Waals surface area contributed by atoms with E-state index in [9.17, 15) is 4.79 Å². The highest BCUT2D eigenvalue weighted by molar-refractivity contribution is 5.91. The van der Waals surface area contributed by atoms with Gasteiger partial charge in [-0.15, -0.1) is 0 Å². The minimum absolute atomic E-state index is 0.0196. The van der Waals surface area contributed by atoms with E-state index >= 15 is 0 Å². The van der Waals surface area contributed by atoms with Crippen LogP contribution in [-0.4, -0.2) is 12.6 Å². The maximum atomic E-state index is 13.1. The minimum Gasteiger partial charge on any atom is -0.423 e. The van der Waals surface area contributed by atoms with Gasteiger partial charge in [-0.3, -0.25) is 0 Å². The van der Waals surface area contributed by atoms with Crippen molar-refractivity contribution >= 4 is 5.97 Å². The third kappa shape index (κ3) is 14.9. The quantitative estimate of drug-likeness (QED) is 0.0667. The Kier molecular flexibility index (Phi) is 20.0. The lowest BCUT2D eigenvalue weighted by atomic mass is 9.88. The predicted molar refractivity (Wildman–Crippen MR) is 180 cm³/mol. The van der Waals surface area contributed by atoms with Gasteiger partial charge in [0.05, 0.1) is 11.7 Å². The van der Waals surface area contributed by atoms with Gasteiger partial charge in [-0.25, -0.2) is 4.79 Å². The van der Waals surface area contributed by atoms with Crippen molar-refractivity contribution in [1.29, 1.82) is 0 Å². The fourth-order valence-electron chi connectivity index (χ4n) is 5.88. The molecule has 2 aromatic rings. The first-order chi connectivity index (χ1) is 20.6. The third-order valence-corrected chi connectivity index (χ3v) is 8.59. The molecule has 0 saturated carbocycles. The molecule has 0 bridgehead atoms. The van der Waals surface area contributed by atoms with Gasteiger partial charge in [0.2, 0.25) is 0 Å². The summed E-state index contributed by atoms with van der Waals surface area (Å²) in [6, 6.07) is 15.9. The number of ether oxygens (including phenoxy) is 2. The molecule has 0 aliphatic carbocycles. The van der Waals surface area contributed by atoms with Crippen LogP contribution in [-0.2, 0) is 4.74 Å². The summed E-state index contributed by atoms with van der Waals surface area (Å²) in [6.45, 7) is 9.66. The molecule has 0 heterocycles. The molecule has 2 aromatic carbocycles. The van der Waals surface area contributed by atoms with E-state index in [1.165, 1.54) is 102 Å². The molecule has 0 N–H and O–H groups in total. The Labute approximate surface area is 259 Å². The maximum Gasteiger partial charge on any atom is 0.343 e. The van der Waals surface area contributed by atoms with Crippen LogP contribution in [0.5, 0.6) is 5.75 Å². The molecular formula is C39H62O3. The zero-order valence-corrected chi connectivity index (χ0v) is 27.6. The minimum atomic E-state index is -0.289. The Morgan fingerprint density at radius 3 is 1.76 bits per heavy atom. The van der Waals surface area contributed by atoms with Crippen LogP contribution in [0.3, 0.4) is 0 Å². The van der Waals surface area contributed by atoms with Gasteiger partial charge in [0.1, 0.15) is 5.75 Å². The van der Waals surface area contributed by atoms with Crippen molar-refractivity contribution in [2.75, 3.05) is 6.61 Å². The molecule has 0 aliphatic heterocycles. The molecule has 236 valence electrons. The van der Waals surface area contributed by atoms with Crippen LogP contribution in [0.4, 0.5) is 0 Å². The van der Waals surface area contributed by atoms with Gasteiger partial charge in [0.15, 0.2) is 0 Å². The second kappa shape index (κ2) is 23.3. The predicted octanol–water partition coefficient (Wildman–Crippen LogP) is 12.5.